The minimum absolute atomic E-state index is 0.0242. The van der Waals surface area contributed by atoms with E-state index in [9.17, 15) is 4.79 Å². The van der Waals surface area contributed by atoms with E-state index >= 15 is 0 Å². The van der Waals surface area contributed by atoms with Gasteiger partial charge in [-0.25, -0.2) is 4.98 Å². The predicted molar refractivity (Wildman–Crippen MR) is 83.3 cm³/mol. The van der Waals surface area contributed by atoms with Gasteiger partial charge < -0.3 is 4.90 Å². The summed E-state index contributed by atoms with van der Waals surface area (Å²) < 4.78 is 0. The molecule has 2 aromatic heterocycles. The quantitative estimate of drug-likeness (QED) is 0.793. The molecular formula is C15H18N4OS. The Hall–Kier alpha value is -1.95. The van der Waals surface area contributed by atoms with Crippen molar-refractivity contribution in [1.82, 2.24) is 19.9 Å². The van der Waals surface area contributed by atoms with Gasteiger partial charge in [0.2, 0.25) is 0 Å². The molecule has 21 heavy (non-hydrogen) atoms. The van der Waals surface area contributed by atoms with Crippen molar-refractivity contribution in [3.8, 4) is 0 Å². The normalized spacial score (nSPS) is 12.0. The summed E-state index contributed by atoms with van der Waals surface area (Å²) in [5, 5.41) is 0.751. The zero-order chi connectivity index (χ0) is 15.2. The van der Waals surface area contributed by atoms with Gasteiger partial charge in [0.25, 0.3) is 5.91 Å². The molecule has 1 atom stereocenters. The van der Waals surface area contributed by atoms with Crippen LogP contribution >= 0.6 is 11.8 Å². The average molecular weight is 302 g/mol. The van der Waals surface area contributed by atoms with Gasteiger partial charge in [0.15, 0.2) is 0 Å². The Balaban J connectivity index is 2.11. The highest BCUT2D eigenvalue weighted by Gasteiger charge is 2.21. The van der Waals surface area contributed by atoms with Gasteiger partial charge >= 0.3 is 0 Å². The van der Waals surface area contributed by atoms with Crippen LogP contribution in [0.5, 0.6) is 0 Å². The molecule has 0 aliphatic carbocycles. The minimum Gasteiger partial charge on any atom is -0.339 e. The van der Waals surface area contributed by atoms with E-state index in [2.05, 4.69) is 15.0 Å². The molecule has 0 bridgehead atoms. The van der Waals surface area contributed by atoms with Crippen molar-refractivity contribution < 1.29 is 4.79 Å². The minimum atomic E-state index is -0.0242. The Morgan fingerprint density at radius 1 is 1.33 bits per heavy atom. The van der Waals surface area contributed by atoms with Crippen LogP contribution in [-0.4, -0.2) is 45.1 Å². The second kappa shape index (κ2) is 7.17. The van der Waals surface area contributed by atoms with E-state index in [1.165, 1.54) is 11.8 Å². The predicted octanol–water partition coefficient (Wildman–Crippen LogP) is 2.30. The molecule has 2 heterocycles. The van der Waals surface area contributed by atoms with E-state index in [1.54, 1.807) is 42.8 Å². The molecule has 0 saturated heterocycles. The molecule has 5 nitrogen and oxygen atoms in total. The molecule has 0 radical (unpaired) electrons. The molecule has 1 amide bonds. The summed E-state index contributed by atoms with van der Waals surface area (Å²) in [7, 11) is 1.81. The molecule has 0 fully saturated rings. The topological polar surface area (TPSA) is 59.0 Å². The Morgan fingerprint density at radius 2 is 2.14 bits per heavy atom. The summed E-state index contributed by atoms with van der Waals surface area (Å²) in [4.78, 5) is 26.9. The smallest absolute Gasteiger partial charge is 0.256 e. The molecule has 0 aliphatic heterocycles. The van der Waals surface area contributed by atoms with Gasteiger partial charge in [-0.05, 0) is 25.3 Å². The third kappa shape index (κ3) is 3.78. The van der Waals surface area contributed by atoms with Gasteiger partial charge in [0, 0.05) is 44.3 Å². The molecule has 110 valence electrons. The van der Waals surface area contributed by atoms with E-state index < -0.39 is 0 Å². The SMILES string of the molecule is CSc1ncccc1C(=O)N(C)[C@H](C)Cc1cnccn1. The van der Waals surface area contributed by atoms with E-state index in [0.717, 1.165) is 10.7 Å². The highest BCUT2D eigenvalue weighted by Crippen LogP contribution is 2.19. The summed E-state index contributed by atoms with van der Waals surface area (Å²) in [6.07, 6.45) is 9.32. The monoisotopic (exact) mass is 302 g/mol. The molecule has 0 unspecified atom stereocenters. The van der Waals surface area contributed by atoms with Crippen LogP contribution in [0.25, 0.3) is 0 Å². The fraction of sp³-hybridized carbons (Fsp3) is 0.333. The van der Waals surface area contributed by atoms with Crippen molar-refractivity contribution >= 4 is 17.7 Å². The van der Waals surface area contributed by atoms with E-state index in [-0.39, 0.29) is 11.9 Å². The highest BCUT2D eigenvalue weighted by atomic mass is 32.2. The zero-order valence-corrected chi connectivity index (χ0v) is 13.2. The molecule has 0 N–H and O–H groups in total. The summed E-state index contributed by atoms with van der Waals surface area (Å²) >= 11 is 1.48. The van der Waals surface area contributed by atoms with Crippen LogP contribution in [0.2, 0.25) is 0 Å². The first-order valence-corrected chi connectivity index (χ1v) is 7.87. The number of thioether (sulfide) groups is 1. The van der Waals surface area contributed by atoms with Crippen LogP contribution in [-0.2, 0) is 6.42 Å². The van der Waals surface area contributed by atoms with Crippen LogP contribution in [0.15, 0.2) is 41.9 Å². The zero-order valence-electron chi connectivity index (χ0n) is 12.4. The Bertz CT molecular complexity index is 606. The first-order chi connectivity index (χ1) is 10.1. The van der Waals surface area contributed by atoms with Crippen LogP contribution in [0.1, 0.15) is 23.0 Å². The van der Waals surface area contributed by atoms with Crippen LogP contribution in [0.4, 0.5) is 0 Å². The molecule has 0 spiro atoms. The number of hydrogen-bond donors (Lipinski definition) is 0. The van der Waals surface area contributed by atoms with Crippen molar-refractivity contribution in [2.45, 2.75) is 24.4 Å². The number of pyridine rings is 1. The van der Waals surface area contributed by atoms with Gasteiger partial charge in [-0.3, -0.25) is 14.8 Å². The molecule has 2 aromatic rings. The summed E-state index contributed by atoms with van der Waals surface area (Å²) in [5.74, 6) is -0.0242. The lowest BCUT2D eigenvalue weighted by molar-refractivity contribution is 0.0738. The third-order valence-electron chi connectivity index (χ3n) is 3.30. The van der Waals surface area contributed by atoms with E-state index in [4.69, 9.17) is 0 Å². The first kappa shape index (κ1) is 15.4. The lowest BCUT2D eigenvalue weighted by Gasteiger charge is -2.25. The van der Waals surface area contributed by atoms with Crippen molar-refractivity contribution in [3.63, 3.8) is 0 Å². The first-order valence-electron chi connectivity index (χ1n) is 6.64. The summed E-state index contributed by atoms with van der Waals surface area (Å²) in [5.41, 5.74) is 1.51. The lowest BCUT2D eigenvalue weighted by Crippen LogP contribution is -2.37. The number of nitrogens with zero attached hydrogens (tertiary/aromatic N) is 4. The van der Waals surface area contributed by atoms with Gasteiger partial charge in [-0.2, -0.15) is 0 Å². The molecule has 0 saturated carbocycles. The molecule has 2 rings (SSSR count). The van der Waals surface area contributed by atoms with Crippen LogP contribution < -0.4 is 0 Å². The van der Waals surface area contributed by atoms with Crippen molar-refractivity contribution in [1.29, 1.82) is 0 Å². The fourth-order valence-corrected chi connectivity index (χ4v) is 2.52. The Morgan fingerprint density at radius 3 is 2.81 bits per heavy atom. The maximum absolute atomic E-state index is 12.6. The third-order valence-corrected chi connectivity index (χ3v) is 4.01. The summed E-state index contributed by atoms with van der Waals surface area (Å²) in [6, 6.07) is 3.63. The van der Waals surface area contributed by atoms with Gasteiger partial charge in [0.05, 0.1) is 11.3 Å². The number of likely N-dealkylation sites (N-methyl/N-ethyl adjacent to an activating group) is 1. The van der Waals surface area contributed by atoms with Crippen molar-refractivity contribution in [2.75, 3.05) is 13.3 Å². The number of aromatic nitrogens is 3. The summed E-state index contributed by atoms with van der Waals surface area (Å²) in [6.45, 7) is 2.00. The average Bonchev–Trinajstić information content (AvgIpc) is 2.54. The van der Waals surface area contributed by atoms with E-state index in [1.807, 2.05) is 19.2 Å². The molecule has 0 aliphatic rings. The second-order valence-corrected chi connectivity index (χ2v) is 5.52. The van der Waals surface area contributed by atoms with Crippen LogP contribution in [0, 0.1) is 0 Å². The lowest BCUT2D eigenvalue weighted by atomic mass is 10.1. The van der Waals surface area contributed by atoms with Gasteiger partial charge in [0.1, 0.15) is 5.03 Å². The maximum Gasteiger partial charge on any atom is 0.256 e. The Kier molecular flexibility index (Phi) is 5.27. The fourth-order valence-electron chi connectivity index (χ4n) is 1.98. The molecular weight excluding hydrogens is 284 g/mol. The van der Waals surface area contributed by atoms with Crippen molar-refractivity contribution in [3.05, 3.63) is 48.2 Å². The second-order valence-electron chi connectivity index (χ2n) is 4.73. The number of amides is 1. The van der Waals surface area contributed by atoms with Gasteiger partial charge in [-0.1, -0.05) is 0 Å². The number of rotatable bonds is 5. The van der Waals surface area contributed by atoms with Gasteiger partial charge in [-0.15, -0.1) is 11.8 Å². The van der Waals surface area contributed by atoms with Crippen LogP contribution in [0.3, 0.4) is 0 Å². The largest absolute Gasteiger partial charge is 0.339 e. The maximum atomic E-state index is 12.6. The molecule has 0 aromatic carbocycles. The number of hydrogen-bond acceptors (Lipinski definition) is 5. The van der Waals surface area contributed by atoms with E-state index in [0.29, 0.717) is 12.0 Å². The standard InChI is InChI=1S/C15H18N4OS/c1-11(9-12-10-16-7-8-17-12)19(2)15(20)13-5-4-6-18-14(13)21-3/h4-8,10-11H,9H2,1-3H3/t11-/m1/s1. The molecule has 6 heteroatoms. The number of carbonyl (C=O) groups excluding carboxylic acids is 1. The Labute approximate surface area is 128 Å². The number of carbonyl (C=O) groups is 1. The highest BCUT2D eigenvalue weighted by molar-refractivity contribution is 7.98. The van der Waals surface area contributed by atoms with Crippen molar-refractivity contribution in [2.24, 2.45) is 0 Å².